The maximum Gasteiger partial charge on any atom is 0.176 e. The average molecular weight is 396 g/mol. The molecule has 2 aromatic heterocycles. The fraction of sp³-hybridized carbons (Fsp3) is 0.381. The number of H-pyrrole nitrogens is 1. The van der Waals surface area contributed by atoms with Crippen molar-refractivity contribution in [2.24, 2.45) is 10.9 Å². The predicted octanol–water partition coefficient (Wildman–Crippen LogP) is 2.52. The lowest BCUT2D eigenvalue weighted by atomic mass is 9.73. The minimum absolute atomic E-state index is 0.214. The quantitative estimate of drug-likeness (QED) is 0.832. The van der Waals surface area contributed by atoms with Gasteiger partial charge in [-0.15, -0.1) is 0 Å². The summed E-state index contributed by atoms with van der Waals surface area (Å²) in [4.78, 5) is 12.7. The van der Waals surface area contributed by atoms with Crippen LogP contribution in [0.15, 0.2) is 34.3 Å². The van der Waals surface area contributed by atoms with Gasteiger partial charge in [0.1, 0.15) is 16.9 Å². The molecule has 1 saturated carbocycles. The van der Waals surface area contributed by atoms with E-state index >= 15 is 0 Å². The lowest BCUT2D eigenvalue weighted by Gasteiger charge is -2.36. The van der Waals surface area contributed by atoms with Gasteiger partial charge in [0.15, 0.2) is 11.5 Å². The van der Waals surface area contributed by atoms with E-state index in [9.17, 15) is 9.50 Å². The molecule has 3 heterocycles. The van der Waals surface area contributed by atoms with Crippen molar-refractivity contribution in [3.63, 3.8) is 0 Å². The molecule has 2 aromatic rings. The van der Waals surface area contributed by atoms with Gasteiger partial charge in [0.25, 0.3) is 0 Å². The summed E-state index contributed by atoms with van der Waals surface area (Å²) in [6, 6.07) is 3.05. The number of thioether (sulfide) groups is 1. The van der Waals surface area contributed by atoms with E-state index in [0.717, 1.165) is 46.8 Å². The van der Waals surface area contributed by atoms with Crippen molar-refractivity contribution in [3.8, 4) is 6.07 Å². The topological polar surface area (TPSA) is 85.1 Å². The number of aryl methyl sites for hydroxylation is 1. The Morgan fingerprint density at radius 1 is 1.46 bits per heavy atom. The Bertz CT molecular complexity index is 1120. The molecule has 0 radical (unpaired) electrons. The molecule has 1 unspecified atom stereocenters. The standard InChI is InChI=1S/C21H21FN4OS/c1-4-16-10(2)19-18(12-5-13(27)6-12)11(3)21(26-20(19)25-16)28-14-7-15(22)17(8-23)24-9-14/h7,9,12-13,21,27H,3-6H2,1-2H3,(H,25,26). The fourth-order valence-electron chi connectivity index (χ4n) is 3.98. The van der Waals surface area contributed by atoms with Crippen molar-refractivity contribution in [1.82, 2.24) is 9.97 Å². The second-order valence-electron chi connectivity index (χ2n) is 7.28. The van der Waals surface area contributed by atoms with E-state index in [-0.39, 0.29) is 23.1 Å². The number of nitrogens with one attached hydrogen (secondary N) is 1. The van der Waals surface area contributed by atoms with Crippen LogP contribution in [0.1, 0.15) is 36.7 Å². The Balaban J connectivity index is 1.77. The van der Waals surface area contributed by atoms with Gasteiger partial charge in [0, 0.05) is 22.0 Å². The monoisotopic (exact) mass is 396 g/mol. The van der Waals surface area contributed by atoms with Gasteiger partial charge in [-0.25, -0.2) is 14.4 Å². The van der Waals surface area contributed by atoms with Crippen LogP contribution in [-0.2, 0) is 6.42 Å². The highest BCUT2D eigenvalue weighted by Crippen LogP contribution is 2.42. The van der Waals surface area contributed by atoms with Crippen molar-refractivity contribution in [2.75, 3.05) is 0 Å². The smallest absolute Gasteiger partial charge is 0.176 e. The van der Waals surface area contributed by atoms with Crippen molar-refractivity contribution in [2.45, 2.75) is 49.5 Å². The lowest BCUT2D eigenvalue weighted by molar-refractivity contribution is 0.0662. The third-order valence-electron chi connectivity index (χ3n) is 5.54. The molecule has 1 fully saturated rings. The Morgan fingerprint density at radius 2 is 2.21 bits per heavy atom. The molecule has 144 valence electrons. The number of halogens is 1. The van der Waals surface area contributed by atoms with Crippen LogP contribution < -0.4 is 10.7 Å². The van der Waals surface area contributed by atoms with Crippen LogP contribution in [0, 0.1) is 30.0 Å². The van der Waals surface area contributed by atoms with Crippen molar-refractivity contribution >= 4 is 17.3 Å². The summed E-state index contributed by atoms with van der Waals surface area (Å²) in [5.41, 5.74) is 5.00. The molecule has 1 aliphatic carbocycles. The van der Waals surface area contributed by atoms with E-state index in [1.807, 2.05) is 0 Å². The number of fused-ring (bicyclic) bond motifs is 1. The zero-order valence-electron chi connectivity index (χ0n) is 15.8. The number of aromatic amines is 1. The number of nitrogens with zero attached hydrogens (tertiary/aromatic N) is 3. The first-order valence-electron chi connectivity index (χ1n) is 9.31. The van der Waals surface area contributed by atoms with Gasteiger partial charge in [0.05, 0.1) is 6.10 Å². The first-order chi connectivity index (χ1) is 13.4. The van der Waals surface area contributed by atoms with Crippen LogP contribution in [0.25, 0.3) is 5.57 Å². The van der Waals surface area contributed by atoms with E-state index in [1.165, 1.54) is 29.6 Å². The van der Waals surface area contributed by atoms with E-state index < -0.39 is 5.82 Å². The summed E-state index contributed by atoms with van der Waals surface area (Å²) in [5.74, 6) is -0.375. The van der Waals surface area contributed by atoms with Gasteiger partial charge in [-0.2, -0.15) is 5.26 Å². The molecule has 1 aliphatic heterocycles. The number of aromatic nitrogens is 2. The highest BCUT2D eigenvalue weighted by molar-refractivity contribution is 8.00. The Kier molecular flexibility index (Phi) is 4.86. The van der Waals surface area contributed by atoms with Crippen LogP contribution in [0.4, 0.5) is 4.39 Å². The number of nitriles is 1. The van der Waals surface area contributed by atoms with Gasteiger partial charge >= 0.3 is 0 Å². The average Bonchev–Trinajstić information content (AvgIpc) is 2.96. The summed E-state index contributed by atoms with van der Waals surface area (Å²) in [6.45, 7) is 8.52. The van der Waals surface area contributed by atoms with E-state index in [4.69, 9.17) is 10.3 Å². The molecule has 4 rings (SSSR count). The number of aliphatic hydroxyl groups excluding tert-OH is 1. The molecule has 7 heteroatoms. The zero-order chi connectivity index (χ0) is 20.0. The highest BCUT2D eigenvalue weighted by Gasteiger charge is 2.36. The highest BCUT2D eigenvalue weighted by atomic mass is 32.2. The van der Waals surface area contributed by atoms with Crippen LogP contribution in [0.2, 0.25) is 0 Å². The maximum atomic E-state index is 14.0. The van der Waals surface area contributed by atoms with Crippen molar-refractivity contribution in [1.29, 1.82) is 5.26 Å². The molecule has 2 N–H and O–H groups in total. The molecular formula is C21H21FN4OS. The van der Waals surface area contributed by atoms with Crippen LogP contribution >= 0.6 is 11.8 Å². The molecule has 0 saturated heterocycles. The summed E-state index contributed by atoms with van der Waals surface area (Å²) >= 11 is 1.37. The number of hydrogen-bond acceptors (Lipinski definition) is 5. The van der Waals surface area contributed by atoms with Gasteiger partial charge in [-0.05, 0) is 54.9 Å². The number of hydrogen-bond donors (Lipinski definition) is 2. The number of pyridine rings is 1. The van der Waals surface area contributed by atoms with Crippen molar-refractivity contribution < 1.29 is 9.50 Å². The first-order valence-corrected chi connectivity index (χ1v) is 10.2. The molecule has 0 spiro atoms. The minimum atomic E-state index is -0.634. The van der Waals surface area contributed by atoms with E-state index in [1.54, 1.807) is 6.07 Å². The molecule has 28 heavy (non-hydrogen) atoms. The predicted molar refractivity (Wildman–Crippen MR) is 106 cm³/mol. The first kappa shape index (κ1) is 18.9. The molecule has 5 nitrogen and oxygen atoms in total. The molecule has 1 atom stereocenters. The number of aliphatic hydroxyl groups is 1. The van der Waals surface area contributed by atoms with Gasteiger partial charge in [-0.1, -0.05) is 25.3 Å². The lowest BCUT2D eigenvalue weighted by Crippen LogP contribution is -2.41. The Labute approximate surface area is 166 Å². The molecule has 0 aromatic carbocycles. The second-order valence-corrected chi connectivity index (χ2v) is 8.43. The Morgan fingerprint density at radius 3 is 2.82 bits per heavy atom. The van der Waals surface area contributed by atoms with Gasteiger partial charge < -0.3 is 10.1 Å². The van der Waals surface area contributed by atoms with E-state index in [2.05, 4.69) is 30.4 Å². The normalized spacial score (nSPS) is 23.6. The third kappa shape index (κ3) is 3.07. The SMILES string of the molecule is C=C1C(C2CC(O)C2)=c2c(C)c(CC)[nH]c2=NC1Sc1cnc(C#N)c(F)c1. The Hall–Kier alpha value is -2.43. The van der Waals surface area contributed by atoms with Gasteiger partial charge in [0.2, 0.25) is 0 Å². The maximum absolute atomic E-state index is 14.0. The second kappa shape index (κ2) is 7.19. The summed E-state index contributed by atoms with van der Waals surface area (Å²) in [7, 11) is 0. The number of rotatable bonds is 4. The van der Waals surface area contributed by atoms with Crippen LogP contribution in [0.5, 0.6) is 0 Å². The van der Waals surface area contributed by atoms with E-state index in [0.29, 0.717) is 4.90 Å². The van der Waals surface area contributed by atoms with Gasteiger partial charge in [-0.3, -0.25) is 0 Å². The molecular weight excluding hydrogens is 375 g/mol. The third-order valence-corrected chi connectivity index (χ3v) is 6.65. The van der Waals surface area contributed by atoms with Crippen LogP contribution in [-0.4, -0.2) is 26.6 Å². The molecule has 0 bridgehead atoms. The summed E-state index contributed by atoms with van der Waals surface area (Å²) in [5, 5.41) is 19.5. The fourth-order valence-corrected chi connectivity index (χ4v) is 4.95. The van der Waals surface area contributed by atoms with Crippen molar-refractivity contribution in [3.05, 3.63) is 57.9 Å². The molecule has 2 aliphatic rings. The molecule has 0 amide bonds. The van der Waals surface area contributed by atoms with Crippen LogP contribution in [0.3, 0.4) is 0 Å². The summed E-state index contributed by atoms with van der Waals surface area (Å²) < 4.78 is 14.0. The summed E-state index contributed by atoms with van der Waals surface area (Å²) in [6.07, 6.45) is 3.56. The largest absolute Gasteiger partial charge is 0.393 e. The minimum Gasteiger partial charge on any atom is -0.393 e. The zero-order valence-corrected chi connectivity index (χ0v) is 16.6.